The fourth-order valence-corrected chi connectivity index (χ4v) is 7.88. The van der Waals surface area contributed by atoms with Crippen molar-refractivity contribution in [1.29, 1.82) is 0 Å². The molecule has 4 fully saturated rings. The van der Waals surface area contributed by atoms with Crippen LogP contribution in [0.1, 0.15) is 68.2 Å². The second-order valence-corrected chi connectivity index (χ2v) is 18.2. The second-order valence-electron chi connectivity index (χ2n) is 15.3. The van der Waals surface area contributed by atoms with Crippen molar-refractivity contribution in [2.75, 3.05) is 72.7 Å². The normalized spacial score (nSPS) is 18.6. The van der Waals surface area contributed by atoms with Gasteiger partial charge >= 0.3 is 8.56 Å². The first-order valence-electron chi connectivity index (χ1n) is 24.7. The summed E-state index contributed by atoms with van der Waals surface area (Å²) in [5, 5.41) is 0. The largest absolute Gasteiger partial charge is 0.489 e. The first-order chi connectivity index (χ1) is 33.5. The molecule has 5 unspecified atom stereocenters. The third-order valence-electron chi connectivity index (χ3n) is 9.92. The summed E-state index contributed by atoms with van der Waals surface area (Å²) in [6, 6.07) is 30.3. The lowest BCUT2D eigenvalue weighted by Crippen LogP contribution is -2.49. The molecule has 13 nitrogen and oxygen atoms in total. The van der Waals surface area contributed by atoms with E-state index in [0.717, 1.165) is 0 Å². The van der Waals surface area contributed by atoms with Crippen molar-refractivity contribution in [3.8, 4) is 46.0 Å². The Hall–Kier alpha value is -4.96. The number of hydrogen-bond donors (Lipinski definition) is 0. The van der Waals surface area contributed by atoms with Crippen LogP contribution >= 0.6 is 0 Å². The summed E-state index contributed by atoms with van der Waals surface area (Å²) in [4.78, 5) is 0. The van der Waals surface area contributed by atoms with E-state index >= 15 is 0 Å². The average Bonchev–Trinajstić information content (AvgIpc) is 4.15. The Morgan fingerprint density at radius 1 is 0.441 bits per heavy atom. The van der Waals surface area contributed by atoms with Crippen molar-refractivity contribution in [3.63, 3.8) is 0 Å². The molecule has 0 spiro atoms. The van der Waals surface area contributed by atoms with Crippen molar-refractivity contribution in [3.05, 3.63) is 109 Å². The number of rotatable bonds is 29. The molecular formula is C54H78O13Si. The molecule has 4 aromatic rings. The quantitative estimate of drug-likeness (QED) is 0.0378. The van der Waals surface area contributed by atoms with E-state index in [-0.39, 0.29) is 44.7 Å². The molecule has 3 saturated heterocycles. The van der Waals surface area contributed by atoms with Gasteiger partial charge in [-0.3, -0.25) is 0 Å². The summed E-state index contributed by atoms with van der Waals surface area (Å²) in [5.74, 6) is 5.43. The molecule has 1 saturated carbocycles. The summed E-state index contributed by atoms with van der Waals surface area (Å²) in [6.45, 7) is 26.6. The van der Waals surface area contributed by atoms with E-state index in [4.69, 9.17) is 61.0 Å². The molecule has 8 rings (SSSR count). The topological polar surface area (TPSA) is 130 Å². The fraction of sp³-hybridized carbons (Fsp3) is 0.519. The Kier molecular flexibility index (Phi) is 25.5. The number of para-hydroxylation sites is 8. The van der Waals surface area contributed by atoms with Gasteiger partial charge in [-0.1, -0.05) is 104 Å². The maximum Gasteiger partial charge on any atom is 0.362 e. The second kappa shape index (κ2) is 31.2. The lowest BCUT2D eigenvalue weighted by Gasteiger charge is -2.33. The minimum absolute atomic E-state index is 0.0933. The molecule has 5 atom stereocenters. The Balaban J connectivity index is 0.00000120. The van der Waals surface area contributed by atoms with Crippen molar-refractivity contribution >= 4 is 8.56 Å². The predicted octanol–water partition coefficient (Wildman–Crippen LogP) is 11.1. The van der Waals surface area contributed by atoms with E-state index < -0.39 is 20.8 Å². The van der Waals surface area contributed by atoms with Crippen molar-refractivity contribution in [1.82, 2.24) is 0 Å². The van der Waals surface area contributed by atoms with E-state index in [0.29, 0.717) is 98.2 Å². The van der Waals surface area contributed by atoms with Gasteiger partial charge < -0.3 is 61.0 Å². The summed E-state index contributed by atoms with van der Waals surface area (Å²) < 4.78 is 79.8. The summed E-state index contributed by atoms with van der Waals surface area (Å²) >= 11 is 0. The van der Waals surface area contributed by atoms with Gasteiger partial charge in [0.15, 0.2) is 46.0 Å². The van der Waals surface area contributed by atoms with E-state index in [1.54, 1.807) is 5.70 Å². The van der Waals surface area contributed by atoms with Crippen LogP contribution in [0.3, 0.4) is 0 Å². The molecular weight excluding hydrogens is 885 g/mol. The average molecular weight is 963 g/mol. The molecule has 0 bridgehead atoms. The summed E-state index contributed by atoms with van der Waals surface area (Å²) in [6.07, 6.45) is 1.41. The molecule has 376 valence electrons. The van der Waals surface area contributed by atoms with E-state index in [1.165, 1.54) is 12.8 Å². The van der Waals surface area contributed by atoms with Crippen molar-refractivity contribution in [2.24, 2.45) is 5.92 Å². The highest BCUT2D eigenvalue weighted by molar-refractivity contribution is 6.71. The van der Waals surface area contributed by atoms with Crippen LogP contribution < -0.4 is 37.9 Å². The maximum absolute atomic E-state index is 6.91. The first-order valence-corrected chi connectivity index (χ1v) is 27.1. The van der Waals surface area contributed by atoms with Gasteiger partial charge in [-0.25, -0.2) is 0 Å². The van der Waals surface area contributed by atoms with Crippen LogP contribution in [0.25, 0.3) is 0 Å². The van der Waals surface area contributed by atoms with Crippen LogP contribution in [0.2, 0.25) is 6.55 Å². The molecule has 0 aromatic heterocycles. The zero-order chi connectivity index (χ0) is 49.0. The monoisotopic (exact) mass is 963 g/mol. The van der Waals surface area contributed by atoms with Gasteiger partial charge in [-0.2, -0.15) is 0 Å². The molecule has 4 aromatic carbocycles. The highest BCUT2D eigenvalue weighted by atomic mass is 28.4. The molecule has 0 amide bonds. The molecule has 68 heavy (non-hydrogen) atoms. The van der Waals surface area contributed by atoms with Gasteiger partial charge in [0, 0.05) is 0 Å². The zero-order valence-corrected chi connectivity index (χ0v) is 43.0. The molecule has 3 aliphatic heterocycles. The van der Waals surface area contributed by atoms with Crippen LogP contribution in [0.5, 0.6) is 46.0 Å². The smallest absolute Gasteiger partial charge is 0.362 e. The lowest BCUT2D eigenvalue weighted by molar-refractivity contribution is 0.0107. The van der Waals surface area contributed by atoms with Crippen molar-refractivity contribution in [2.45, 2.75) is 105 Å². The van der Waals surface area contributed by atoms with Gasteiger partial charge in [0.1, 0.15) is 76.8 Å². The number of hydrogen-bond acceptors (Lipinski definition) is 13. The van der Waals surface area contributed by atoms with Gasteiger partial charge in [-0.15, -0.1) is 6.58 Å². The van der Waals surface area contributed by atoms with E-state index in [2.05, 4.69) is 6.58 Å². The highest BCUT2D eigenvalue weighted by Crippen LogP contribution is 2.34. The van der Waals surface area contributed by atoms with Crippen LogP contribution in [0.15, 0.2) is 109 Å². The first kappa shape index (κ1) is 55.6. The standard InChI is InChI=1S/C46H54O13Si.4C2H6/c1-3-60(2,58-37(29-54-40-13-5-4-12-39(40)50-22-33-20-21-33)30-55-44-17-9-6-14-41(44)51-26-34-23-47-34)59-38(31-56-45-18-10-7-15-42(45)52-27-35-24-48-35)32-57-46-19-11-8-16-43(46)53-28-36-25-49-36;4*1-2/h3-19,33-38H,1,20-32H2,2H3;4*1-2H3. The number of benzene rings is 4. The Bertz CT molecular complexity index is 1710. The third-order valence-corrected chi connectivity index (χ3v) is 12.3. The molecule has 0 N–H and O–H groups in total. The summed E-state index contributed by atoms with van der Waals surface area (Å²) in [7, 11) is -3.27. The Morgan fingerprint density at radius 3 is 0.897 bits per heavy atom. The maximum atomic E-state index is 6.91. The van der Waals surface area contributed by atoms with Gasteiger partial charge in [-0.05, 0) is 79.5 Å². The van der Waals surface area contributed by atoms with Crippen LogP contribution in [0.4, 0.5) is 0 Å². The van der Waals surface area contributed by atoms with Crippen LogP contribution in [-0.2, 0) is 23.1 Å². The number of ether oxygens (including phenoxy) is 11. The Labute approximate surface area is 407 Å². The van der Waals surface area contributed by atoms with E-state index in [9.17, 15) is 0 Å². The van der Waals surface area contributed by atoms with Crippen LogP contribution in [0, 0.1) is 5.92 Å². The van der Waals surface area contributed by atoms with Gasteiger partial charge in [0.25, 0.3) is 0 Å². The minimum atomic E-state index is -3.27. The number of epoxide rings is 3. The van der Waals surface area contributed by atoms with Crippen molar-refractivity contribution < 1.29 is 61.0 Å². The molecule has 3 heterocycles. The molecule has 0 radical (unpaired) electrons. The zero-order valence-electron chi connectivity index (χ0n) is 42.0. The SMILES string of the molecule is C=C[Si](C)(OC(COc1ccccc1OCC1CC1)COc1ccccc1OCC1CO1)OC(COc1ccccc1OCC1CO1)COc1ccccc1OCC1CO1.CC.CC.CC.CC. The Morgan fingerprint density at radius 2 is 0.676 bits per heavy atom. The lowest BCUT2D eigenvalue weighted by atomic mass is 10.3. The van der Waals surface area contributed by atoms with Gasteiger partial charge in [0.2, 0.25) is 0 Å². The molecule has 4 aliphatic rings. The molecule has 14 heteroatoms. The minimum Gasteiger partial charge on any atom is -0.489 e. The third kappa shape index (κ3) is 20.3. The molecule has 1 aliphatic carbocycles. The highest BCUT2D eigenvalue weighted by Gasteiger charge is 2.37. The fourth-order valence-electron chi connectivity index (χ4n) is 6.04. The van der Waals surface area contributed by atoms with Crippen LogP contribution in [-0.4, -0.2) is 112 Å². The summed E-state index contributed by atoms with van der Waals surface area (Å²) in [5.41, 5.74) is 1.74. The predicted molar refractivity (Wildman–Crippen MR) is 269 cm³/mol. The van der Waals surface area contributed by atoms with Gasteiger partial charge in [0.05, 0.1) is 26.4 Å². The van der Waals surface area contributed by atoms with E-state index in [1.807, 2.05) is 159 Å².